The Labute approximate surface area is 252 Å². The first-order chi connectivity index (χ1) is 19.8. The van der Waals surface area contributed by atoms with Crippen LogP contribution in [0.5, 0.6) is 0 Å². The first-order valence-corrected chi connectivity index (χ1v) is 18.7. The molecule has 0 N–H and O–H groups in total. The highest BCUT2D eigenvalue weighted by Crippen LogP contribution is 2.19. The van der Waals surface area contributed by atoms with E-state index in [0.717, 1.165) is 51.1 Å². The fourth-order valence-electron chi connectivity index (χ4n) is 4.64. The van der Waals surface area contributed by atoms with E-state index in [1.165, 1.54) is 11.1 Å². The third kappa shape index (κ3) is 15.6. The lowest BCUT2D eigenvalue weighted by Crippen LogP contribution is -2.46. The quantitative estimate of drug-likeness (QED) is 0.161. The van der Waals surface area contributed by atoms with Crippen molar-refractivity contribution in [1.29, 1.82) is 0 Å². The van der Waals surface area contributed by atoms with Gasteiger partial charge < -0.3 is 36.4 Å². The van der Waals surface area contributed by atoms with Gasteiger partial charge in [0.15, 0.2) is 0 Å². The number of rotatable bonds is 21. The van der Waals surface area contributed by atoms with E-state index < -0.39 is 17.6 Å². The molecule has 0 saturated carbocycles. The third-order valence-corrected chi connectivity index (χ3v) is 12.6. The first-order valence-electron chi connectivity index (χ1n) is 14.8. The van der Waals surface area contributed by atoms with E-state index in [9.17, 15) is 0 Å². The van der Waals surface area contributed by atoms with Crippen molar-refractivity contribution in [2.45, 2.75) is 58.8 Å². The molecule has 0 spiro atoms. The number of benzene rings is 2. The van der Waals surface area contributed by atoms with Crippen molar-refractivity contribution in [3.63, 3.8) is 0 Å². The van der Waals surface area contributed by atoms with E-state index in [2.05, 4.69) is 78.5 Å². The Morgan fingerprint density at radius 1 is 0.537 bits per heavy atom. The molecule has 2 aromatic rings. The van der Waals surface area contributed by atoms with Crippen LogP contribution in [0.1, 0.15) is 44.7 Å². The van der Waals surface area contributed by atoms with Gasteiger partial charge in [0.05, 0.1) is 0 Å². The smallest absolute Gasteiger partial charge is 0.377 e. The average molecular weight is 609 g/mol. The minimum atomic E-state index is -2.48. The van der Waals surface area contributed by atoms with E-state index in [-0.39, 0.29) is 0 Å². The van der Waals surface area contributed by atoms with Gasteiger partial charge in [0.1, 0.15) is 0 Å². The summed E-state index contributed by atoms with van der Waals surface area (Å²) in [6, 6.07) is 22.7. The summed E-state index contributed by atoms with van der Waals surface area (Å²) < 4.78 is 33.9. The van der Waals surface area contributed by atoms with Gasteiger partial charge in [-0.05, 0) is 71.9 Å². The summed E-state index contributed by atoms with van der Waals surface area (Å²) in [7, 11) is 4.37. The Morgan fingerprint density at radius 3 is 1.20 bits per heavy atom. The lowest BCUT2D eigenvalue weighted by Gasteiger charge is -2.29. The van der Waals surface area contributed by atoms with Gasteiger partial charge in [0, 0.05) is 66.3 Å². The van der Waals surface area contributed by atoms with Gasteiger partial charge in [-0.1, -0.05) is 60.7 Å². The summed E-state index contributed by atoms with van der Waals surface area (Å²) >= 11 is 0. The van der Waals surface area contributed by atoms with Crippen LogP contribution in [-0.4, -0.2) is 95.7 Å². The number of hydrogen-bond donors (Lipinski definition) is 0. The lowest BCUT2D eigenvalue weighted by atomic mass is 10.2. The van der Waals surface area contributed by atoms with E-state index >= 15 is 0 Å². The van der Waals surface area contributed by atoms with E-state index in [1.807, 2.05) is 26.8 Å². The van der Waals surface area contributed by atoms with Crippen molar-refractivity contribution >= 4 is 17.6 Å². The van der Waals surface area contributed by atoms with Gasteiger partial charge in [0.2, 0.25) is 0 Å². The molecule has 0 heterocycles. The summed E-state index contributed by atoms with van der Waals surface area (Å²) in [5.41, 5.74) is 2.67. The van der Waals surface area contributed by atoms with Gasteiger partial charge in [-0.2, -0.15) is 0 Å². The summed E-state index contributed by atoms with van der Waals surface area (Å²) in [4.78, 5) is 4.63. The third-order valence-electron chi connectivity index (χ3n) is 6.66. The molecule has 0 fully saturated rings. The Kier molecular flexibility index (Phi) is 20.3. The zero-order valence-electron chi connectivity index (χ0n) is 26.9. The molecule has 0 aliphatic carbocycles. The largest absolute Gasteiger partial charge is 0.500 e. The number of nitrogens with zero attached hydrogens (tertiary/aromatic N) is 2. The molecule has 0 aliphatic heterocycles. The van der Waals surface area contributed by atoms with Crippen molar-refractivity contribution in [3.05, 3.63) is 71.8 Å². The van der Waals surface area contributed by atoms with Crippen LogP contribution in [0.25, 0.3) is 0 Å². The fraction of sp³-hybridized carbons (Fsp3) is 0.613. The molecule has 0 atom stereocenters. The monoisotopic (exact) mass is 608 g/mol. The molecule has 2 rings (SSSR count). The van der Waals surface area contributed by atoms with Crippen LogP contribution in [0.15, 0.2) is 60.7 Å². The molecule has 2 aromatic carbocycles. The van der Waals surface area contributed by atoms with Gasteiger partial charge in [-0.15, -0.1) is 0 Å². The zero-order chi connectivity index (χ0) is 30.4. The summed E-state index contributed by atoms with van der Waals surface area (Å²) in [5, 5.41) is 0. The Bertz CT molecular complexity index is 852. The topological polar surface area (TPSA) is 61.9 Å². The van der Waals surface area contributed by atoms with Gasteiger partial charge >= 0.3 is 17.6 Å². The SMILES string of the molecule is CCO[Si](CCCN(C)Cc1ccccc1)(OCC)OCC.CO[Si](CCCN(C)Cc1ccccc1)(OC)OC. The van der Waals surface area contributed by atoms with E-state index in [4.69, 9.17) is 26.6 Å². The van der Waals surface area contributed by atoms with Crippen molar-refractivity contribution in [2.24, 2.45) is 0 Å². The average Bonchev–Trinajstić information content (AvgIpc) is 2.97. The maximum atomic E-state index is 5.89. The normalized spacial score (nSPS) is 12.0. The molecular weight excluding hydrogens is 553 g/mol. The van der Waals surface area contributed by atoms with E-state index in [0.29, 0.717) is 19.8 Å². The highest BCUT2D eigenvalue weighted by molar-refractivity contribution is 6.61. The maximum absolute atomic E-state index is 5.89. The molecule has 8 nitrogen and oxygen atoms in total. The molecule has 0 saturated heterocycles. The number of hydrogen-bond acceptors (Lipinski definition) is 8. The van der Waals surface area contributed by atoms with Gasteiger partial charge in [-0.3, -0.25) is 0 Å². The predicted molar refractivity (Wildman–Crippen MR) is 172 cm³/mol. The van der Waals surface area contributed by atoms with Crippen LogP contribution in [0.4, 0.5) is 0 Å². The molecule has 0 amide bonds. The molecule has 0 aliphatic rings. The van der Waals surface area contributed by atoms with Crippen molar-refractivity contribution in [2.75, 3.05) is 68.3 Å². The van der Waals surface area contributed by atoms with Gasteiger partial charge in [0.25, 0.3) is 0 Å². The standard InChI is InChI=1S/C17H31NO3Si.C14H25NO3Si/c1-5-19-22(20-6-2,21-7-3)15-11-14-18(4)16-17-12-9-8-10-13-17;1-15(13-14-9-6-5-7-10-14)11-8-12-19(16-2,17-3)18-4/h8-10,12-13H,5-7,11,14-16H2,1-4H3;5-7,9-10H,8,11-13H2,1-4H3. The van der Waals surface area contributed by atoms with Crippen molar-refractivity contribution in [3.8, 4) is 0 Å². The summed E-state index contributed by atoms with van der Waals surface area (Å²) in [5.74, 6) is 0. The molecule has 10 heteroatoms. The van der Waals surface area contributed by atoms with Crippen molar-refractivity contribution in [1.82, 2.24) is 9.80 Å². The molecule has 0 bridgehead atoms. The van der Waals surface area contributed by atoms with Crippen LogP contribution in [0.3, 0.4) is 0 Å². The van der Waals surface area contributed by atoms with Crippen molar-refractivity contribution < 1.29 is 26.6 Å². The molecule has 0 unspecified atom stereocenters. The lowest BCUT2D eigenvalue weighted by molar-refractivity contribution is 0.0701. The predicted octanol–water partition coefficient (Wildman–Crippen LogP) is 5.94. The molecule has 234 valence electrons. The minimum absolute atomic E-state index is 0.645. The second-order valence-electron chi connectivity index (χ2n) is 9.93. The summed E-state index contributed by atoms with van der Waals surface area (Å²) in [6.07, 6.45) is 2.03. The highest BCUT2D eigenvalue weighted by Gasteiger charge is 2.39. The second kappa shape index (κ2) is 22.1. The molecular formula is C31H56N2O6Si2. The van der Waals surface area contributed by atoms with Crippen LogP contribution in [-0.2, 0) is 39.6 Å². The summed E-state index contributed by atoms with van der Waals surface area (Å²) in [6.45, 7) is 11.9. The van der Waals surface area contributed by atoms with Crippen LogP contribution in [0.2, 0.25) is 12.1 Å². The second-order valence-corrected chi connectivity index (χ2v) is 15.8. The Morgan fingerprint density at radius 2 is 0.878 bits per heavy atom. The van der Waals surface area contributed by atoms with Crippen LogP contribution in [0, 0.1) is 0 Å². The van der Waals surface area contributed by atoms with Crippen LogP contribution >= 0.6 is 0 Å². The van der Waals surface area contributed by atoms with Crippen LogP contribution < -0.4 is 0 Å². The first kappa shape index (κ1) is 37.6. The Hall–Kier alpha value is -1.45. The minimum Gasteiger partial charge on any atom is -0.377 e. The molecule has 0 aromatic heterocycles. The maximum Gasteiger partial charge on any atom is 0.500 e. The Balaban J connectivity index is 0.000000414. The van der Waals surface area contributed by atoms with E-state index in [1.54, 1.807) is 21.3 Å². The molecule has 41 heavy (non-hydrogen) atoms. The molecule has 0 radical (unpaired) electrons. The zero-order valence-corrected chi connectivity index (χ0v) is 28.9. The highest BCUT2D eigenvalue weighted by atomic mass is 28.4. The fourth-order valence-corrected chi connectivity index (χ4v) is 8.93. The van der Waals surface area contributed by atoms with Gasteiger partial charge in [-0.25, -0.2) is 0 Å².